The maximum absolute atomic E-state index is 13.5. The number of carbonyl (C=O) groups is 1. The molecule has 2 aromatic rings. The van der Waals surface area contributed by atoms with Crippen molar-refractivity contribution in [3.8, 4) is 5.88 Å². The molecule has 0 aliphatic carbocycles. The van der Waals surface area contributed by atoms with Gasteiger partial charge < -0.3 is 24.9 Å². The van der Waals surface area contributed by atoms with Crippen LogP contribution in [0.4, 0.5) is 10.1 Å². The van der Waals surface area contributed by atoms with E-state index in [2.05, 4.69) is 26.1 Å². The van der Waals surface area contributed by atoms with E-state index in [-0.39, 0.29) is 54.3 Å². The summed E-state index contributed by atoms with van der Waals surface area (Å²) in [5.41, 5.74) is 0.739. The lowest BCUT2D eigenvalue weighted by atomic mass is 10.2. The number of ether oxygens (including phenoxy) is 2. The molecule has 2 N–H and O–H groups in total. The van der Waals surface area contributed by atoms with Crippen LogP contribution in [0, 0.1) is 5.82 Å². The van der Waals surface area contributed by atoms with E-state index in [1.807, 2.05) is 0 Å². The number of carbonyl (C=O) groups excluding carboxylic acids is 1. The molecular weight excluding hydrogens is 423 g/mol. The van der Waals surface area contributed by atoms with Crippen molar-refractivity contribution < 1.29 is 28.1 Å². The summed E-state index contributed by atoms with van der Waals surface area (Å²) >= 11 is 5.86. The van der Waals surface area contributed by atoms with Crippen molar-refractivity contribution in [2.75, 3.05) is 44.5 Å². The number of oxime groups is 1. The van der Waals surface area contributed by atoms with Gasteiger partial charge >= 0.3 is 0 Å². The minimum atomic E-state index is -0.539. The number of rotatable bonds is 7. The van der Waals surface area contributed by atoms with Crippen molar-refractivity contribution in [3.63, 3.8) is 0 Å². The molecule has 0 bridgehead atoms. The predicted molar refractivity (Wildman–Crippen MR) is 102 cm³/mol. The molecule has 1 saturated heterocycles. The van der Waals surface area contributed by atoms with E-state index in [1.165, 1.54) is 18.2 Å². The lowest BCUT2D eigenvalue weighted by Gasteiger charge is -2.22. The molecule has 1 fully saturated rings. The van der Waals surface area contributed by atoms with Crippen molar-refractivity contribution in [1.29, 1.82) is 0 Å². The average Bonchev–Trinajstić information content (AvgIpc) is 3.42. The molecule has 1 atom stereocenters. The molecule has 13 heteroatoms. The first kappa shape index (κ1) is 20.3. The van der Waals surface area contributed by atoms with E-state index in [0.29, 0.717) is 25.4 Å². The van der Waals surface area contributed by atoms with E-state index in [4.69, 9.17) is 30.5 Å². The van der Waals surface area contributed by atoms with E-state index < -0.39 is 5.82 Å². The van der Waals surface area contributed by atoms with E-state index >= 15 is 0 Å². The van der Waals surface area contributed by atoms with Crippen molar-refractivity contribution in [2.24, 2.45) is 5.16 Å². The van der Waals surface area contributed by atoms with Crippen molar-refractivity contribution in [2.45, 2.75) is 6.04 Å². The Morgan fingerprint density at radius 2 is 2.33 bits per heavy atom. The molecule has 160 valence electrons. The third-order valence-corrected chi connectivity index (χ3v) is 4.65. The van der Waals surface area contributed by atoms with Gasteiger partial charge in [0, 0.05) is 12.2 Å². The quantitative estimate of drug-likeness (QED) is 0.592. The van der Waals surface area contributed by atoms with Crippen LogP contribution in [0.25, 0.3) is 0 Å². The fourth-order valence-electron chi connectivity index (χ4n) is 2.87. The number of benzene rings is 1. The van der Waals surface area contributed by atoms with Crippen LogP contribution in [0.1, 0.15) is 5.69 Å². The van der Waals surface area contributed by atoms with Crippen LogP contribution < -0.4 is 20.3 Å². The maximum atomic E-state index is 13.5. The molecule has 30 heavy (non-hydrogen) atoms. The molecule has 11 nitrogen and oxygen atoms in total. The summed E-state index contributed by atoms with van der Waals surface area (Å²) < 4.78 is 29.1. The number of aromatic nitrogens is 2. The first-order valence-electron chi connectivity index (χ1n) is 9.10. The largest absolute Gasteiger partial charge is 0.472 e. The number of hydrogen-bond donors (Lipinski definition) is 2. The van der Waals surface area contributed by atoms with Crippen LogP contribution in [0.5, 0.6) is 5.88 Å². The number of nitrogens with zero attached hydrogens (tertiary/aromatic N) is 4. The Kier molecular flexibility index (Phi) is 6.26. The molecule has 0 radical (unpaired) electrons. The van der Waals surface area contributed by atoms with Gasteiger partial charge in [-0.25, -0.2) is 9.02 Å². The van der Waals surface area contributed by atoms with Gasteiger partial charge in [0.05, 0.1) is 24.8 Å². The Balaban J connectivity index is 1.35. The van der Waals surface area contributed by atoms with E-state index in [9.17, 15) is 9.18 Å². The monoisotopic (exact) mass is 440 g/mol. The lowest BCUT2D eigenvalue weighted by molar-refractivity contribution is -0.126. The molecule has 0 saturated carbocycles. The first-order chi connectivity index (χ1) is 14.6. The number of halogens is 2. The normalized spacial score (nSPS) is 18.7. The van der Waals surface area contributed by atoms with E-state index in [0.717, 1.165) is 0 Å². The van der Waals surface area contributed by atoms with Gasteiger partial charge in [-0.15, -0.1) is 0 Å². The molecule has 4 rings (SSSR count). The highest BCUT2D eigenvalue weighted by Crippen LogP contribution is 2.28. The summed E-state index contributed by atoms with van der Waals surface area (Å²) in [7, 11) is 0. The second-order valence-corrected chi connectivity index (χ2v) is 6.75. The number of nitrogens with one attached hydrogen (secondary N) is 2. The number of hydrogen-bond acceptors (Lipinski definition) is 10. The number of morpholine rings is 1. The topological polar surface area (TPSA) is 123 Å². The van der Waals surface area contributed by atoms with Crippen LogP contribution in [0.3, 0.4) is 0 Å². The zero-order valence-corrected chi connectivity index (χ0v) is 16.4. The Labute approximate surface area is 175 Å². The number of anilines is 1. The second-order valence-electron chi connectivity index (χ2n) is 6.34. The zero-order chi connectivity index (χ0) is 20.9. The SMILES string of the molecule is O=C(NCCOc1nonc1C1=NOCN1c1ccc(F)c(Cl)c1)C1COCCN1. The van der Waals surface area contributed by atoms with Gasteiger partial charge in [-0.2, -0.15) is 0 Å². The highest BCUT2D eigenvalue weighted by Gasteiger charge is 2.30. The minimum Gasteiger partial charge on any atom is -0.472 e. The van der Waals surface area contributed by atoms with Crippen LogP contribution in [0.2, 0.25) is 5.02 Å². The Morgan fingerprint density at radius 3 is 3.13 bits per heavy atom. The highest BCUT2D eigenvalue weighted by atomic mass is 35.5. The molecule has 1 aromatic heterocycles. The number of amides is 1. The molecular formula is C17H18ClFN6O5. The molecule has 3 heterocycles. The predicted octanol–water partition coefficient (Wildman–Crippen LogP) is 0.501. The van der Waals surface area contributed by atoms with Gasteiger partial charge in [0.2, 0.25) is 17.4 Å². The van der Waals surface area contributed by atoms with Crippen molar-refractivity contribution >= 4 is 29.0 Å². The van der Waals surface area contributed by atoms with E-state index in [1.54, 1.807) is 4.90 Å². The molecule has 1 aromatic carbocycles. The Morgan fingerprint density at radius 1 is 1.43 bits per heavy atom. The molecule has 1 amide bonds. The lowest BCUT2D eigenvalue weighted by Crippen LogP contribution is -2.51. The number of amidine groups is 1. The third kappa shape index (κ3) is 4.45. The summed E-state index contributed by atoms with van der Waals surface area (Å²) in [4.78, 5) is 18.8. The fraction of sp³-hybridized carbons (Fsp3) is 0.412. The smallest absolute Gasteiger partial charge is 0.287 e. The third-order valence-electron chi connectivity index (χ3n) is 4.36. The van der Waals surface area contributed by atoms with Gasteiger partial charge in [0.1, 0.15) is 18.5 Å². The van der Waals surface area contributed by atoms with Gasteiger partial charge in [-0.3, -0.25) is 9.69 Å². The maximum Gasteiger partial charge on any atom is 0.287 e. The molecule has 1 unspecified atom stereocenters. The summed E-state index contributed by atoms with van der Waals surface area (Å²) in [6.07, 6.45) is 0. The summed E-state index contributed by atoms with van der Waals surface area (Å²) in [6, 6.07) is 3.82. The van der Waals surface area contributed by atoms with Gasteiger partial charge in [-0.05, 0) is 28.5 Å². The first-order valence-corrected chi connectivity index (χ1v) is 9.48. The van der Waals surface area contributed by atoms with Crippen molar-refractivity contribution in [1.82, 2.24) is 20.9 Å². The molecule has 0 spiro atoms. The summed E-state index contributed by atoms with van der Waals surface area (Å²) in [6.45, 7) is 1.97. The Hall–Kier alpha value is -2.96. The standard InChI is InChI=1S/C17H18ClFN6O5/c18-11-7-10(1-2-12(11)19)25-9-29-23-15(25)14-17(24-30-22-14)28-6-4-21-16(26)13-8-27-5-3-20-13/h1-2,7,13,20H,3-6,8-9H2,(H,21,26). The Bertz CT molecular complexity index is 935. The van der Waals surface area contributed by atoms with Gasteiger partial charge in [0.15, 0.2) is 6.73 Å². The zero-order valence-electron chi connectivity index (χ0n) is 15.6. The summed E-state index contributed by atoms with van der Waals surface area (Å²) in [5.74, 6) is -0.375. The second kappa shape index (κ2) is 9.24. The minimum absolute atomic E-state index is 0.0397. The van der Waals surface area contributed by atoms with Crippen molar-refractivity contribution in [3.05, 3.63) is 34.7 Å². The van der Waals surface area contributed by atoms with Crippen LogP contribution in [0.15, 0.2) is 28.0 Å². The average molecular weight is 441 g/mol. The fourth-order valence-corrected chi connectivity index (χ4v) is 3.04. The van der Waals surface area contributed by atoms with Gasteiger partial charge in [0.25, 0.3) is 5.88 Å². The van der Waals surface area contributed by atoms with Crippen LogP contribution in [-0.4, -0.2) is 67.7 Å². The van der Waals surface area contributed by atoms with Gasteiger partial charge in [-0.1, -0.05) is 16.8 Å². The summed E-state index contributed by atoms with van der Waals surface area (Å²) in [5, 5.41) is 17.3. The van der Waals surface area contributed by atoms with Crippen LogP contribution >= 0.6 is 11.6 Å². The molecule has 2 aliphatic rings. The highest BCUT2D eigenvalue weighted by molar-refractivity contribution is 6.31. The van der Waals surface area contributed by atoms with Crippen LogP contribution in [-0.2, 0) is 14.4 Å². The molecule has 2 aliphatic heterocycles.